The molecule has 2 heterocycles. The third-order valence-electron chi connectivity index (χ3n) is 3.15. The molecule has 0 amide bonds. The average Bonchev–Trinajstić information content (AvgIpc) is 2.99. The van der Waals surface area contributed by atoms with E-state index in [1.165, 1.54) is 20.3 Å². The van der Waals surface area contributed by atoms with Gasteiger partial charge in [-0.1, -0.05) is 12.1 Å². The van der Waals surface area contributed by atoms with Crippen LogP contribution in [0.1, 0.15) is 11.3 Å². The summed E-state index contributed by atoms with van der Waals surface area (Å²) in [6.07, 6.45) is 3.42. The molecule has 0 saturated heterocycles. The molecular weight excluding hydrogens is 288 g/mol. The van der Waals surface area contributed by atoms with Crippen LogP contribution < -0.4 is 24.6 Å². The smallest absolute Gasteiger partial charge is 0.340 e. The lowest BCUT2D eigenvalue weighted by atomic mass is 10.1. The first-order valence-electron chi connectivity index (χ1n) is 6.55. The van der Waals surface area contributed by atoms with Crippen LogP contribution in [-0.4, -0.2) is 21.0 Å². The Balaban J connectivity index is 1.95. The summed E-state index contributed by atoms with van der Waals surface area (Å²) >= 11 is 0. The van der Waals surface area contributed by atoms with Crippen molar-refractivity contribution in [1.29, 1.82) is 0 Å². The van der Waals surface area contributed by atoms with Gasteiger partial charge in [0.25, 0.3) is 0 Å². The third-order valence-corrected chi connectivity index (χ3v) is 3.15. The van der Waals surface area contributed by atoms with E-state index in [-0.39, 0.29) is 12.6 Å². The minimum Gasteiger partial charge on any atom is -0.492 e. The molecular formula is C16H14O6. The number of hydrogen-bond donors (Lipinski definition) is 0. The quantitative estimate of drug-likeness (QED) is 0.864. The van der Waals surface area contributed by atoms with Crippen LogP contribution in [-0.2, 0) is 0 Å². The van der Waals surface area contributed by atoms with E-state index in [9.17, 15) is 4.79 Å². The fourth-order valence-electron chi connectivity index (χ4n) is 2.13. The van der Waals surface area contributed by atoms with Gasteiger partial charge in [-0.15, -0.1) is 0 Å². The van der Waals surface area contributed by atoms with Gasteiger partial charge in [-0.3, -0.25) is 0 Å². The summed E-state index contributed by atoms with van der Waals surface area (Å²) in [7, 11) is 2.94. The van der Waals surface area contributed by atoms with Gasteiger partial charge in [0.2, 0.25) is 12.5 Å². The van der Waals surface area contributed by atoms with Gasteiger partial charge in [0.1, 0.15) is 0 Å². The molecule has 2 aromatic rings. The van der Waals surface area contributed by atoms with Crippen molar-refractivity contribution in [3.05, 3.63) is 46.0 Å². The number of ether oxygens (including phenoxy) is 4. The van der Waals surface area contributed by atoms with Crippen molar-refractivity contribution in [2.24, 2.45) is 0 Å². The van der Waals surface area contributed by atoms with Gasteiger partial charge in [-0.2, -0.15) is 0 Å². The number of fused-ring (bicyclic) bond motifs is 1. The zero-order valence-electron chi connectivity index (χ0n) is 12.1. The lowest BCUT2D eigenvalue weighted by Crippen LogP contribution is -2.02. The first-order chi connectivity index (χ1) is 10.7. The monoisotopic (exact) mass is 302 g/mol. The van der Waals surface area contributed by atoms with Crippen LogP contribution in [0.15, 0.2) is 33.5 Å². The Morgan fingerprint density at radius 1 is 1.05 bits per heavy atom. The Hall–Kier alpha value is -2.89. The first kappa shape index (κ1) is 14.1. The van der Waals surface area contributed by atoms with Gasteiger partial charge in [-0.25, -0.2) is 4.79 Å². The minimum atomic E-state index is -0.511. The zero-order valence-corrected chi connectivity index (χ0v) is 12.1. The molecule has 1 aromatic carbocycles. The van der Waals surface area contributed by atoms with Gasteiger partial charge in [0.05, 0.1) is 20.3 Å². The molecule has 1 aliphatic rings. The molecule has 0 atom stereocenters. The van der Waals surface area contributed by atoms with E-state index in [1.54, 1.807) is 12.2 Å². The summed E-state index contributed by atoms with van der Waals surface area (Å²) in [6, 6.07) is 6.76. The lowest BCUT2D eigenvalue weighted by molar-refractivity contribution is 0.174. The Morgan fingerprint density at radius 2 is 1.86 bits per heavy atom. The van der Waals surface area contributed by atoms with Crippen LogP contribution in [0.3, 0.4) is 0 Å². The molecule has 3 rings (SSSR count). The van der Waals surface area contributed by atoms with E-state index >= 15 is 0 Å². The Morgan fingerprint density at radius 3 is 2.64 bits per heavy atom. The Bertz CT molecular complexity index is 775. The van der Waals surface area contributed by atoms with E-state index in [2.05, 4.69) is 0 Å². The highest BCUT2D eigenvalue weighted by atomic mass is 16.7. The molecule has 0 saturated carbocycles. The second-order valence-electron chi connectivity index (χ2n) is 4.48. The SMILES string of the molecule is COc1cc(=O)oc(C=Cc2ccc3c(c2)OCO3)c1OC. The summed E-state index contributed by atoms with van der Waals surface area (Å²) < 4.78 is 26.1. The van der Waals surface area contributed by atoms with Crippen LogP contribution in [0.5, 0.6) is 23.0 Å². The number of benzene rings is 1. The predicted octanol–water partition coefficient (Wildman–Crippen LogP) is 2.56. The van der Waals surface area contributed by atoms with Gasteiger partial charge in [0.15, 0.2) is 23.0 Å². The minimum absolute atomic E-state index is 0.223. The highest BCUT2D eigenvalue weighted by molar-refractivity contribution is 5.72. The number of hydrogen-bond acceptors (Lipinski definition) is 6. The zero-order chi connectivity index (χ0) is 15.5. The van der Waals surface area contributed by atoms with E-state index in [1.807, 2.05) is 18.2 Å². The second kappa shape index (κ2) is 5.85. The first-order valence-corrected chi connectivity index (χ1v) is 6.55. The van der Waals surface area contributed by atoms with Gasteiger partial charge in [0, 0.05) is 0 Å². The molecule has 0 radical (unpaired) electrons. The second-order valence-corrected chi connectivity index (χ2v) is 4.48. The average molecular weight is 302 g/mol. The molecule has 1 aromatic heterocycles. The lowest BCUT2D eigenvalue weighted by Gasteiger charge is -2.08. The molecule has 0 unspecified atom stereocenters. The molecule has 0 aliphatic carbocycles. The summed E-state index contributed by atoms with van der Waals surface area (Å²) in [6.45, 7) is 0.223. The fourth-order valence-corrected chi connectivity index (χ4v) is 2.13. The summed E-state index contributed by atoms with van der Waals surface area (Å²) in [4.78, 5) is 11.5. The fraction of sp³-hybridized carbons (Fsp3) is 0.188. The number of methoxy groups -OCH3 is 2. The van der Waals surface area contributed by atoms with Crippen molar-refractivity contribution in [1.82, 2.24) is 0 Å². The normalized spacial score (nSPS) is 12.6. The highest BCUT2D eigenvalue weighted by Crippen LogP contribution is 2.34. The van der Waals surface area contributed by atoms with Crippen molar-refractivity contribution in [2.75, 3.05) is 21.0 Å². The van der Waals surface area contributed by atoms with Crippen molar-refractivity contribution in [3.63, 3.8) is 0 Å². The standard InChI is InChI=1S/C16H14O6/c1-18-14-8-15(17)22-12(16(14)19-2)6-4-10-3-5-11-13(7-10)21-9-20-11/h3-8H,9H2,1-2H3. The van der Waals surface area contributed by atoms with E-state index < -0.39 is 5.63 Å². The van der Waals surface area contributed by atoms with Crippen LogP contribution in [0.2, 0.25) is 0 Å². The summed E-state index contributed by atoms with van der Waals surface area (Å²) in [5, 5.41) is 0. The largest absolute Gasteiger partial charge is 0.492 e. The van der Waals surface area contributed by atoms with E-state index in [0.29, 0.717) is 23.0 Å². The van der Waals surface area contributed by atoms with Crippen molar-refractivity contribution < 1.29 is 23.4 Å². The van der Waals surface area contributed by atoms with E-state index in [4.69, 9.17) is 23.4 Å². The summed E-state index contributed by atoms with van der Waals surface area (Å²) in [5.41, 5.74) is 0.361. The topological polar surface area (TPSA) is 67.1 Å². The third kappa shape index (κ3) is 2.63. The molecule has 6 heteroatoms. The molecule has 0 bridgehead atoms. The molecule has 22 heavy (non-hydrogen) atoms. The Labute approximate surface area is 126 Å². The van der Waals surface area contributed by atoms with Crippen molar-refractivity contribution >= 4 is 12.2 Å². The van der Waals surface area contributed by atoms with Gasteiger partial charge < -0.3 is 23.4 Å². The molecule has 0 fully saturated rings. The van der Waals surface area contributed by atoms with Crippen LogP contribution >= 0.6 is 0 Å². The molecule has 6 nitrogen and oxygen atoms in total. The molecule has 0 N–H and O–H groups in total. The highest BCUT2D eigenvalue weighted by Gasteiger charge is 2.14. The van der Waals surface area contributed by atoms with Gasteiger partial charge in [-0.05, 0) is 23.8 Å². The maximum atomic E-state index is 11.5. The summed E-state index contributed by atoms with van der Waals surface area (Å²) in [5.74, 6) is 2.36. The van der Waals surface area contributed by atoms with Crippen LogP contribution in [0.25, 0.3) is 12.2 Å². The van der Waals surface area contributed by atoms with E-state index in [0.717, 1.165) is 5.56 Å². The maximum absolute atomic E-state index is 11.5. The molecule has 0 spiro atoms. The van der Waals surface area contributed by atoms with Crippen molar-refractivity contribution in [2.45, 2.75) is 0 Å². The Kier molecular flexibility index (Phi) is 3.74. The van der Waals surface area contributed by atoms with Gasteiger partial charge >= 0.3 is 5.63 Å². The predicted molar refractivity (Wildman–Crippen MR) is 79.6 cm³/mol. The maximum Gasteiger partial charge on any atom is 0.340 e. The van der Waals surface area contributed by atoms with Crippen LogP contribution in [0, 0.1) is 0 Å². The van der Waals surface area contributed by atoms with Crippen LogP contribution in [0.4, 0.5) is 0 Å². The van der Waals surface area contributed by atoms with Crippen molar-refractivity contribution in [3.8, 4) is 23.0 Å². The molecule has 1 aliphatic heterocycles. The molecule has 114 valence electrons. The number of rotatable bonds is 4.